The first-order valence-electron chi connectivity index (χ1n) is 6.75. The van der Waals surface area contributed by atoms with E-state index in [-0.39, 0.29) is 10.6 Å². The standard InChI is InChI=1S/C16H12FN3O3S/c1-3-10-4-6-13(12(17)8-10)20-24(21,22)14-9-18-16-11(14)5-7-15(19-16)23-2/h1,4-9,20H,2H3,(H,18,19). The van der Waals surface area contributed by atoms with Crippen LogP contribution in [-0.4, -0.2) is 25.5 Å². The van der Waals surface area contributed by atoms with Gasteiger partial charge in [0.1, 0.15) is 16.4 Å². The molecule has 0 saturated heterocycles. The molecule has 3 aromatic rings. The molecule has 0 aliphatic heterocycles. The van der Waals surface area contributed by atoms with E-state index in [1.165, 1.54) is 31.5 Å². The molecule has 24 heavy (non-hydrogen) atoms. The zero-order valence-corrected chi connectivity index (χ0v) is 13.3. The number of hydrogen-bond donors (Lipinski definition) is 2. The molecular formula is C16H12FN3O3S. The highest BCUT2D eigenvalue weighted by Gasteiger charge is 2.21. The first kappa shape index (κ1) is 15.8. The molecule has 0 spiro atoms. The topological polar surface area (TPSA) is 84.1 Å². The molecule has 8 heteroatoms. The Kier molecular flexibility index (Phi) is 3.87. The third-order valence-electron chi connectivity index (χ3n) is 3.35. The molecule has 122 valence electrons. The highest BCUT2D eigenvalue weighted by molar-refractivity contribution is 7.93. The number of ether oxygens (including phenoxy) is 1. The summed E-state index contributed by atoms with van der Waals surface area (Å²) in [5, 5.41) is 0.365. The first-order chi connectivity index (χ1) is 11.4. The van der Waals surface area contributed by atoms with Gasteiger partial charge >= 0.3 is 0 Å². The lowest BCUT2D eigenvalue weighted by Gasteiger charge is -2.08. The Morgan fingerprint density at radius 2 is 2.12 bits per heavy atom. The highest BCUT2D eigenvalue weighted by atomic mass is 32.2. The number of fused-ring (bicyclic) bond motifs is 1. The summed E-state index contributed by atoms with van der Waals surface area (Å²) in [5.41, 5.74) is 0.474. The number of benzene rings is 1. The molecule has 0 aliphatic rings. The van der Waals surface area contributed by atoms with Crippen molar-refractivity contribution in [2.24, 2.45) is 0 Å². The van der Waals surface area contributed by atoms with Crippen LogP contribution in [0.4, 0.5) is 10.1 Å². The minimum absolute atomic E-state index is 0.0481. The number of anilines is 1. The number of halogens is 1. The smallest absolute Gasteiger partial charge is 0.264 e. The molecule has 0 atom stereocenters. The predicted octanol–water partition coefficient (Wildman–Crippen LogP) is 2.49. The second kappa shape index (κ2) is 5.86. The average molecular weight is 345 g/mol. The Labute approximate surface area is 137 Å². The van der Waals surface area contributed by atoms with Crippen LogP contribution in [-0.2, 0) is 10.0 Å². The van der Waals surface area contributed by atoms with Gasteiger partial charge in [-0.25, -0.2) is 12.8 Å². The summed E-state index contributed by atoms with van der Waals surface area (Å²) in [7, 11) is -2.55. The number of hydrogen-bond acceptors (Lipinski definition) is 4. The largest absolute Gasteiger partial charge is 0.481 e. The lowest BCUT2D eigenvalue weighted by Crippen LogP contribution is -2.13. The van der Waals surface area contributed by atoms with Crippen molar-refractivity contribution in [3.63, 3.8) is 0 Å². The second-order valence-electron chi connectivity index (χ2n) is 4.85. The lowest BCUT2D eigenvalue weighted by molar-refractivity contribution is 0.399. The van der Waals surface area contributed by atoms with Crippen molar-refractivity contribution in [1.82, 2.24) is 9.97 Å². The number of rotatable bonds is 4. The van der Waals surface area contributed by atoms with Crippen LogP contribution in [0.25, 0.3) is 11.0 Å². The van der Waals surface area contributed by atoms with Gasteiger partial charge in [0.2, 0.25) is 5.88 Å². The average Bonchev–Trinajstić information content (AvgIpc) is 3.00. The Morgan fingerprint density at radius 1 is 1.33 bits per heavy atom. The summed E-state index contributed by atoms with van der Waals surface area (Å²) in [5.74, 6) is 1.87. The summed E-state index contributed by atoms with van der Waals surface area (Å²) in [6, 6.07) is 6.90. The predicted molar refractivity (Wildman–Crippen MR) is 87.8 cm³/mol. The monoisotopic (exact) mass is 345 g/mol. The van der Waals surface area contributed by atoms with Gasteiger partial charge in [-0.05, 0) is 24.3 Å². The maximum Gasteiger partial charge on any atom is 0.264 e. The van der Waals surface area contributed by atoms with Crippen LogP contribution in [0, 0.1) is 18.2 Å². The molecule has 0 fully saturated rings. The van der Waals surface area contributed by atoms with E-state index in [0.717, 1.165) is 6.07 Å². The summed E-state index contributed by atoms with van der Waals surface area (Å²) >= 11 is 0. The number of aromatic nitrogens is 2. The molecule has 0 aliphatic carbocycles. The fourth-order valence-corrected chi connectivity index (χ4v) is 3.42. The van der Waals surface area contributed by atoms with Crippen molar-refractivity contribution in [3.8, 4) is 18.2 Å². The molecule has 1 aromatic carbocycles. The Bertz CT molecular complexity index is 1070. The zero-order valence-electron chi connectivity index (χ0n) is 12.5. The minimum Gasteiger partial charge on any atom is -0.481 e. The quantitative estimate of drug-likeness (QED) is 0.712. The van der Waals surface area contributed by atoms with Gasteiger partial charge in [-0.1, -0.05) is 5.92 Å². The van der Waals surface area contributed by atoms with Crippen LogP contribution in [0.15, 0.2) is 41.4 Å². The number of pyridine rings is 1. The SMILES string of the molecule is C#Cc1ccc(NS(=O)(=O)c2c[nH]c3nc(OC)ccc23)c(F)c1. The van der Waals surface area contributed by atoms with E-state index in [1.807, 2.05) is 0 Å². The number of aromatic amines is 1. The van der Waals surface area contributed by atoms with E-state index in [0.29, 0.717) is 22.5 Å². The molecule has 2 N–H and O–H groups in total. The second-order valence-corrected chi connectivity index (χ2v) is 6.50. The van der Waals surface area contributed by atoms with Gasteiger partial charge in [0.15, 0.2) is 0 Å². The third-order valence-corrected chi connectivity index (χ3v) is 4.76. The number of methoxy groups -OCH3 is 1. The van der Waals surface area contributed by atoms with E-state index in [1.54, 1.807) is 6.07 Å². The molecular weight excluding hydrogens is 333 g/mol. The molecule has 0 radical (unpaired) electrons. The maximum absolute atomic E-state index is 14.0. The summed E-state index contributed by atoms with van der Waals surface area (Å²) in [4.78, 5) is 6.82. The van der Waals surface area contributed by atoms with Gasteiger partial charge in [-0.3, -0.25) is 4.72 Å². The van der Waals surface area contributed by atoms with Crippen LogP contribution >= 0.6 is 0 Å². The number of sulfonamides is 1. The van der Waals surface area contributed by atoms with Gasteiger partial charge < -0.3 is 9.72 Å². The maximum atomic E-state index is 14.0. The normalized spacial score (nSPS) is 11.2. The van der Waals surface area contributed by atoms with Crippen molar-refractivity contribution >= 4 is 26.7 Å². The third kappa shape index (κ3) is 2.77. The van der Waals surface area contributed by atoms with Gasteiger partial charge in [-0.15, -0.1) is 6.42 Å². The van der Waals surface area contributed by atoms with Crippen molar-refractivity contribution < 1.29 is 17.5 Å². The molecule has 0 bridgehead atoms. The zero-order chi connectivity index (χ0) is 17.3. The van der Waals surface area contributed by atoms with Gasteiger partial charge in [0.25, 0.3) is 10.0 Å². The van der Waals surface area contributed by atoms with Crippen LogP contribution < -0.4 is 9.46 Å². The molecule has 2 heterocycles. The highest BCUT2D eigenvalue weighted by Crippen LogP contribution is 2.26. The molecule has 0 amide bonds. The Morgan fingerprint density at radius 3 is 2.79 bits per heavy atom. The van der Waals surface area contributed by atoms with Crippen LogP contribution in [0.5, 0.6) is 5.88 Å². The van der Waals surface area contributed by atoms with Crippen LogP contribution in [0.1, 0.15) is 5.56 Å². The Hall–Kier alpha value is -3.05. The summed E-state index contributed by atoms with van der Waals surface area (Å²) < 4.78 is 46.2. The molecule has 2 aromatic heterocycles. The van der Waals surface area contributed by atoms with E-state index in [9.17, 15) is 12.8 Å². The van der Waals surface area contributed by atoms with Gasteiger partial charge in [0, 0.05) is 23.2 Å². The molecule has 0 saturated carbocycles. The number of nitrogens with zero attached hydrogens (tertiary/aromatic N) is 1. The summed E-state index contributed by atoms with van der Waals surface area (Å²) in [6.45, 7) is 0. The van der Waals surface area contributed by atoms with Gasteiger partial charge in [-0.2, -0.15) is 4.98 Å². The number of H-pyrrole nitrogens is 1. The van der Waals surface area contributed by atoms with Gasteiger partial charge in [0.05, 0.1) is 12.8 Å². The molecule has 6 nitrogen and oxygen atoms in total. The van der Waals surface area contributed by atoms with Crippen molar-refractivity contribution in [2.45, 2.75) is 4.90 Å². The van der Waals surface area contributed by atoms with Crippen molar-refractivity contribution in [1.29, 1.82) is 0 Å². The number of terminal acetylenes is 1. The Balaban J connectivity index is 2.01. The van der Waals surface area contributed by atoms with E-state index >= 15 is 0 Å². The van der Waals surface area contributed by atoms with Crippen molar-refractivity contribution in [3.05, 3.63) is 47.9 Å². The summed E-state index contributed by atoms with van der Waals surface area (Å²) in [6.07, 6.45) is 6.47. The lowest BCUT2D eigenvalue weighted by atomic mass is 10.2. The minimum atomic E-state index is -4.01. The fraction of sp³-hybridized carbons (Fsp3) is 0.0625. The van der Waals surface area contributed by atoms with E-state index < -0.39 is 15.8 Å². The molecule has 0 unspecified atom stereocenters. The first-order valence-corrected chi connectivity index (χ1v) is 8.24. The number of nitrogens with one attached hydrogen (secondary N) is 2. The van der Waals surface area contributed by atoms with Crippen LogP contribution in [0.3, 0.4) is 0 Å². The van der Waals surface area contributed by atoms with E-state index in [4.69, 9.17) is 11.2 Å². The van der Waals surface area contributed by atoms with Crippen LogP contribution in [0.2, 0.25) is 0 Å². The van der Waals surface area contributed by atoms with Crippen molar-refractivity contribution in [2.75, 3.05) is 11.8 Å². The molecule has 3 rings (SSSR count). The fourth-order valence-electron chi connectivity index (χ4n) is 2.19. The van der Waals surface area contributed by atoms with E-state index in [2.05, 4.69) is 20.6 Å².